The van der Waals surface area contributed by atoms with Gasteiger partial charge < -0.3 is 9.14 Å². The molecule has 96 valence electrons. The number of rotatable bonds is 2. The van der Waals surface area contributed by atoms with E-state index in [1.54, 1.807) is 19.2 Å². The van der Waals surface area contributed by atoms with Crippen LogP contribution in [0.3, 0.4) is 0 Å². The molecule has 0 saturated carbocycles. The molecule has 4 heteroatoms. The van der Waals surface area contributed by atoms with Crippen molar-refractivity contribution < 1.29 is 9.13 Å². The number of benzene rings is 1. The van der Waals surface area contributed by atoms with Crippen molar-refractivity contribution in [2.75, 3.05) is 7.11 Å². The summed E-state index contributed by atoms with van der Waals surface area (Å²) in [4.78, 5) is 4.60. The zero-order valence-corrected chi connectivity index (χ0v) is 10.7. The average molecular weight is 256 g/mol. The number of imidazole rings is 1. The van der Waals surface area contributed by atoms with Crippen molar-refractivity contribution in [1.82, 2.24) is 9.38 Å². The van der Waals surface area contributed by atoms with Crippen molar-refractivity contribution in [2.45, 2.75) is 6.92 Å². The third-order valence-corrected chi connectivity index (χ3v) is 3.19. The molecule has 19 heavy (non-hydrogen) atoms. The molecule has 0 atom stereocenters. The third kappa shape index (κ3) is 1.85. The molecule has 0 fully saturated rings. The fourth-order valence-electron chi connectivity index (χ4n) is 2.20. The molecule has 0 saturated heterocycles. The molecule has 3 nitrogen and oxygen atoms in total. The first-order valence-electron chi connectivity index (χ1n) is 5.98. The minimum atomic E-state index is -0.247. The SMILES string of the molecule is COc1cccn2c(C)c(-c3ccc(F)cc3)nc12. The lowest BCUT2D eigenvalue weighted by atomic mass is 10.1. The first kappa shape index (κ1) is 11.7. The second-order valence-corrected chi connectivity index (χ2v) is 4.32. The van der Waals surface area contributed by atoms with Gasteiger partial charge >= 0.3 is 0 Å². The van der Waals surface area contributed by atoms with E-state index in [0.29, 0.717) is 0 Å². The maximum Gasteiger partial charge on any atom is 0.180 e. The molecule has 0 radical (unpaired) electrons. The van der Waals surface area contributed by atoms with Crippen molar-refractivity contribution in [1.29, 1.82) is 0 Å². The summed E-state index contributed by atoms with van der Waals surface area (Å²) in [6, 6.07) is 10.1. The predicted molar refractivity (Wildman–Crippen MR) is 71.9 cm³/mol. The Kier molecular flexibility index (Phi) is 2.71. The lowest BCUT2D eigenvalue weighted by molar-refractivity contribution is 0.417. The van der Waals surface area contributed by atoms with Crippen molar-refractivity contribution in [2.24, 2.45) is 0 Å². The summed E-state index contributed by atoms with van der Waals surface area (Å²) in [7, 11) is 1.62. The molecule has 0 bridgehead atoms. The molecule has 0 aliphatic carbocycles. The highest BCUT2D eigenvalue weighted by Crippen LogP contribution is 2.27. The molecule has 0 spiro atoms. The Morgan fingerprint density at radius 1 is 1.16 bits per heavy atom. The molecule has 1 aromatic carbocycles. The van der Waals surface area contributed by atoms with Crippen LogP contribution in [0.25, 0.3) is 16.9 Å². The summed E-state index contributed by atoms with van der Waals surface area (Å²) in [5.41, 5.74) is 3.50. The summed E-state index contributed by atoms with van der Waals surface area (Å²) in [5.74, 6) is 0.474. The van der Waals surface area contributed by atoms with Gasteiger partial charge in [0.25, 0.3) is 0 Å². The Hall–Kier alpha value is -2.36. The summed E-state index contributed by atoms with van der Waals surface area (Å²) in [5, 5.41) is 0. The predicted octanol–water partition coefficient (Wildman–Crippen LogP) is 3.46. The zero-order chi connectivity index (χ0) is 13.4. The monoisotopic (exact) mass is 256 g/mol. The average Bonchev–Trinajstić information content (AvgIpc) is 2.77. The molecular weight excluding hydrogens is 243 g/mol. The van der Waals surface area contributed by atoms with Gasteiger partial charge in [-0.2, -0.15) is 0 Å². The quantitative estimate of drug-likeness (QED) is 0.702. The van der Waals surface area contributed by atoms with Crippen LogP contribution in [0.5, 0.6) is 5.75 Å². The molecule has 0 N–H and O–H groups in total. The molecule has 3 rings (SSSR count). The van der Waals surface area contributed by atoms with Gasteiger partial charge in [-0.25, -0.2) is 9.37 Å². The van der Waals surface area contributed by atoms with Gasteiger partial charge in [-0.3, -0.25) is 0 Å². The number of aromatic nitrogens is 2. The molecule has 2 aromatic heterocycles. The summed E-state index contributed by atoms with van der Waals surface area (Å²) in [6.07, 6.45) is 1.94. The molecule has 0 unspecified atom stereocenters. The van der Waals surface area contributed by atoms with Gasteiger partial charge in [0.05, 0.1) is 12.8 Å². The maximum absolute atomic E-state index is 13.0. The summed E-state index contributed by atoms with van der Waals surface area (Å²) in [6.45, 7) is 1.98. The second-order valence-electron chi connectivity index (χ2n) is 4.32. The number of ether oxygens (including phenoxy) is 1. The van der Waals surface area contributed by atoms with E-state index in [1.807, 2.05) is 29.7 Å². The van der Waals surface area contributed by atoms with Crippen LogP contribution in [-0.2, 0) is 0 Å². The van der Waals surface area contributed by atoms with E-state index in [0.717, 1.165) is 28.3 Å². The fourth-order valence-corrected chi connectivity index (χ4v) is 2.20. The normalized spacial score (nSPS) is 10.9. The van der Waals surface area contributed by atoms with Gasteiger partial charge in [0.15, 0.2) is 11.4 Å². The Balaban J connectivity index is 2.25. The number of hydrogen-bond donors (Lipinski definition) is 0. The highest BCUT2D eigenvalue weighted by molar-refractivity contribution is 5.69. The molecular formula is C15H13FN2O. The van der Waals surface area contributed by atoms with Crippen molar-refractivity contribution >= 4 is 5.65 Å². The Labute approximate surface area is 110 Å². The molecule has 3 aromatic rings. The van der Waals surface area contributed by atoms with E-state index in [4.69, 9.17) is 4.74 Å². The first-order chi connectivity index (χ1) is 9.20. The zero-order valence-electron chi connectivity index (χ0n) is 10.7. The van der Waals surface area contributed by atoms with Crippen LogP contribution in [0.2, 0.25) is 0 Å². The number of pyridine rings is 1. The van der Waals surface area contributed by atoms with E-state index in [-0.39, 0.29) is 5.82 Å². The van der Waals surface area contributed by atoms with Crippen LogP contribution in [-0.4, -0.2) is 16.5 Å². The Bertz CT molecular complexity index is 732. The van der Waals surface area contributed by atoms with Crippen molar-refractivity contribution in [3.05, 3.63) is 54.1 Å². The van der Waals surface area contributed by atoms with E-state index in [1.165, 1.54) is 12.1 Å². The maximum atomic E-state index is 13.0. The van der Waals surface area contributed by atoms with E-state index >= 15 is 0 Å². The van der Waals surface area contributed by atoms with Crippen LogP contribution >= 0.6 is 0 Å². The first-order valence-corrected chi connectivity index (χ1v) is 5.98. The highest BCUT2D eigenvalue weighted by atomic mass is 19.1. The molecule has 0 aliphatic heterocycles. The van der Waals surface area contributed by atoms with Crippen molar-refractivity contribution in [3.8, 4) is 17.0 Å². The lowest BCUT2D eigenvalue weighted by Gasteiger charge is -2.01. The van der Waals surface area contributed by atoms with Crippen LogP contribution in [0.1, 0.15) is 5.69 Å². The largest absolute Gasteiger partial charge is 0.493 e. The Morgan fingerprint density at radius 2 is 1.89 bits per heavy atom. The fraction of sp³-hybridized carbons (Fsp3) is 0.133. The second kappa shape index (κ2) is 4.39. The van der Waals surface area contributed by atoms with E-state index in [2.05, 4.69) is 4.98 Å². The number of halogens is 1. The van der Waals surface area contributed by atoms with Crippen LogP contribution in [0.4, 0.5) is 4.39 Å². The van der Waals surface area contributed by atoms with Crippen LogP contribution < -0.4 is 4.74 Å². The highest BCUT2D eigenvalue weighted by Gasteiger charge is 2.13. The molecule has 0 aliphatic rings. The van der Waals surface area contributed by atoms with Crippen molar-refractivity contribution in [3.63, 3.8) is 0 Å². The topological polar surface area (TPSA) is 26.5 Å². The minimum absolute atomic E-state index is 0.247. The van der Waals surface area contributed by atoms with E-state index < -0.39 is 0 Å². The standard InChI is InChI=1S/C15H13FN2O/c1-10-14(11-5-7-12(16)8-6-11)17-15-13(19-2)4-3-9-18(10)15/h3-9H,1-2H3. The number of nitrogens with zero attached hydrogens (tertiary/aromatic N) is 2. The van der Waals surface area contributed by atoms with Gasteiger partial charge in [-0.15, -0.1) is 0 Å². The van der Waals surface area contributed by atoms with E-state index in [9.17, 15) is 4.39 Å². The number of methoxy groups -OCH3 is 1. The van der Waals surface area contributed by atoms with Crippen LogP contribution in [0, 0.1) is 12.7 Å². The smallest absolute Gasteiger partial charge is 0.180 e. The van der Waals surface area contributed by atoms with Gasteiger partial charge in [0.2, 0.25) is 0 Å². The lowest BCUT2D eigenvalue weighted by Crippen LogP contribution is -1.90. The van der Waals surface area contributed by atoms with Gasteiger partial charge in [0.1, 0.15) is 5.82 Å². The third-order valence-electron chi connectivity index (χ3n) is 3.19. The van der Waals surface area contributed by atoms with Gasteiger partial charge in [-0.1, -0.05) is 0 Å². The molecule has 2 heterocycles. The van der Waals surface area contributed by atoms with Crippen LogP contribution in [0.15, 0.2) is 42.6 Å². The Morgan fingerprint density at radius 3 is 2.58 bits per heavy atom. The minimum Gasteiger partial charge on any atom is -0.493 e. The van der Waals surface area contributed by atoms with Gasteiger partial charge in [-0.05, 0) is 43.3 Å². The number of fused-ring (bicyclic) bond motifs is 1. The summed E-state index contributed by atoms with van der Waals surface area (Å²) >= 11 is 0. The number of hydrogen-bond acceptors (Lipinski definition) is 2. The molecule has 0 amide bonds. The number of aryl methyl sites for hydroxylation is 1. The summed E-state index contributed by atoms with van der Waals surface area (Å²) < 4.78 is 20.3. The van der Waals surface area contributed by atoms with Gasteiger partial charge in [0, 0.05) is 17.5 Å².